The Labute approximate surface area is 310 Å². The third-order valence-corrected chi connectivity index (χ3v) is 9.25. The Morgan fingerprint density at radius 3 is 1.30 bits per heavy atom. The lowest BCUT2D eigenvalue weighted by atomic mass is 10.0. The molecule has 0 aromatic heterocycles. The molecule has 0 saturated carbocycles. The van der Waals surface area contributed by atoms with Gasteiger partial charge in [-0.05, 0) is 83.5 Å². The molecule has 1 atom stereocenters. The summed E-state index contributed by atoms with van der Waals surface area (Å²) in [6, 6.07) is 0. The highest BCUT2D eigenvalue weighted by molar-refractivity contribution is 5.69. The van der Waals surface area contributed by atoms with Crippen molar-refractivity contribution in [1.29, 1.82) is 0 Å². The Morgan fingerprint density at radius 2 is 0.840 bits per heavy atom. The van der Waals surface area contributed by atoms with Gasteiger partial charge in [-0.1, -0.05) is 177 Å². The SMILES string of the molecule is CC/C=C\C/C=C\C/C=C\C/C=C\C/C=C\CCCCCC(=O)OC(CCCCCCCCCCCC)CCCCCCCCCCC(=O)O. The molecule has 4 heteroatoms. The van der Waals surface area contributed by atoms with Gasteiger partial charge in [-0.15, -0.1) is 0 Å². The van der Waals surface area contributed by atoms with Gasteiger partial charge in [0.2, 0.25) is 0 Å². The van der Waals surface area contributed by atoms with Crippen molar-refractivity contribution >= 4 is 11.9 Å². The molecule has 0 heterocycles. The first kappa shape index (κ1) is 47.6. The van der Waals surface area contributed by atoms with Crippen LogP contribution in [0.3, 0.4) is 0 Å². The van der Waals surface area contributed by atoms with E-state index in [4.69, 9.17) is 9.84 Å². The molecule has 0 aromatic carbocycles. The normalized spacial score (nSPS) is 12.8. The molecule has 50 heavy (non-hydrogen) atoms. The van der Waals surface area contributed by atoms with Crippen LogP contribution in [0.4, 0.5) is 0 Å². The van der Waals surface area contributed by atoms with Crippen LogP contribution in [0.1, 0.15) is 213 Å². The molecule has 0 amide bonds. The molecule has 1 N–H and O–H groups in total. The van der Waals surface area contributed by atoms with Crippen molar-refractivity contribution in [3.05, 3.63) is 60.8 Å². The highest BCUT2D eigenvalue weighted by atomic mass is 16.5. The van der Waals surface area contributed by atoms with Crippen LogP contribution in [0.15, 0.2) is 60.8 Å². The van der Waals surface area contributed by atoms with Gasteiger partial charge < -0.3 is 9.84 Å². The average molecular weight is 697 g/mol. The quantitative estimate of drug-likeness (QED) is 0.0396. The fraction of sp³-hybridized carbons (Fsp3) is 0.739. The molecule has 0 radical (unpaired) electrons. The van der Waals surface area contributed by atoms with Gasteiger partial charge in [-0.25, -0.2) is 0 Å². The van der Waals surface area contributed by atoms with Gasteiger partial charge in [0.05, 0.1) is 0 Å². The zero-order valence-electron chi connectivity index (χ0n) is 32.9. The van der Waals surface area contributed by atoms with Gasteiger partial charge >= 0.3 is 11.9 Å². The van der Waals surface area contributed by atoms with Crippen LogP contribution in [0.2, 0.25) is 0 Å². The van der Waals surface area contributed by atoms with Crippen molar-refractivity contribution in [2.24, 2.45) is 0 Å². The molecule has 0 bridgehead atoms. The highest BCUT2D eigenvalue weighted by Gasteiger charge is 2.14. The topological polar surface area (TPSA) is 63.6 Å². The lowest BCUT2D eigenvalue weighted by molar-refractivity contribution is -0.150. The van der Waals surface area contributed by atoms with Crippen molar-refractivity contribution in [3.63, 3.8) is 0 Å². The minimum absolute atomic E-state index is 0.00156. The number of allylic oxidation sites excluding steroid dienone is 10. The van der Waals surface area contributed by atoms with Crippen molar-refractivity contribution in [1.82, 2.24) is 0 Å². The second-order valence-electron chi connectivity index (χ2n) is 14.2. The van der Waals surface area contributed by atoms with Crippen LogP contribution < -0.4 is 0 Å². The van der Waals surface area contributed by atoms with Gasteiger partial charge in [-0.2, -0.15) is 0 Å². The largest absolute Gasteiger partial charge is 0.481 e. The maximum Gasteiger partial charge on any atom is 0.306 e. The summed E-state index contributed by atoms with van der Waals surface area (Å²) in [5, 5.41) is 8.76. The second kappa shape index (κ2) is 41.1. The van der Waals surface area contributed by atoms with Crippen LogP contribution in [0.25, 0.3) is 0 Å². The first-order valence-corrected chi connectivity index (χ1v) is 21.3. The number of hydrogen-bond acceptors (Lipinski definition) is 3. The Bertz CT molecular complexity index is 881. The lowest BCUT2D eigenvalue weighted by Gasteiger charge is -2.18. The molecule has 0 saturated heterocycles. The minimum atomic E-state index is -0.685. The van der Waals surface area contributed by atoms with E-state index in [2.05, 4.69) is 74.6 Å². The van der Waals surface area contributed by atoms with Gasteiger partial charge in [0.15, 0.2) is 0 Å². The second-order valence-corrected chi connectivity index (χ2v) is 14.2. The Balaban J connectivity index is 4.14. The summed E-state index contributed by atoms with van der Waals surface area (Å²) in [4.78, 5) is 23.4. The van der Waals surface area contributed by atoms with Gasteiger partial charge in [0, 0.05) is 12.8 Å². The van der Waals surface area contributed by atoms with E-state index in [1.54, 1.807) is 0 Å². The molecule has 0 fully saturated rings. The van der Waals surface area contributed by atoms with Crippen LogP contribution in [-0.2, 0) is 14.3 Å². The maximum atomic E-state index is 12.7. The first-order chi connectivity index (χ1) is 24.6. The Morgan fingerprint density at radius 1 is 0.460 bits per heavy atom. The minimum Gasteiger partial charge on any atom is -0.481 e. The first-order valence-electron chi connectivity index (χ1n) is 21.3. The summed E-state index contributed by atoms with van der Waals surface area (Å²) in [6.45, 7) is 4.44. The predicted molar refractivity (Wildman–Crippen MR) is 218 cm³/mol. The third kappa shape index (κ3) is 40.1. The smallest absolute Gasteiger partial charge is 0.306 e. The summed E-state index contributed by atoms with van der Waals surface area (Å²) in [6.07, 6.45) is 56.7. The molecular formula is C46H80O4. The van der Waals surface area contributed by atoms with E-state index in [9.17, 15) is 9.59 Å². The average Bonchev–Trinajstić information content (AvgIpc) is 3.10. The van der Waals surface area contributed by atoms with Crippen molar-refractivity contribution in [2.75, 3.05) is 0 Å². The summed E-state index contributed by atoms with van der Waals surface area (Å²) in [5.41, 5.74) is 0. The van der Waals surface area contributed by atoms with Crippen LogP contribution >= 0.6 is 0 Å². The summed E-state index contributed by atoms with van der Waals surface area (Å²) in [5.74, 6) is -0.686. The summed E-state index contributed by atoms with van der Waals surface area (Å²) in [7, 11) is 0. The zero-order chi connectivity index (χ0) is 36.4. The van der Waals surface area contributed by atoms with Gasteiger partial charge in [0.25, 0.3) is 0 Å². The fourth-order valence-corrected chi connectivity index (χ4v) is 6.15. The number of rotatable bonds is 38. The maximum absolute atomic E-state index is 12.7. The number of unbranched alkanes of at least 4 members (excludes halogenated alkanes) is 19. The van der Waals surface area contributed by atoms with E-state index in [0.717, 1.165) is 103 Å². The van der Waals surface area contributed by atoms with E-state index in [-0.39, 0.29) is 12.1 Å². The number of carboxylic acids is 1. The number of hydrogen-bond donors (Lipinski definition) is 1. The van der Waals surface area contributed by atoms with E-state index >= 15 is 0 Å². The number of aliphatic carboxylic acids is 1. The molecule has 0 aliphatic rings. The molecule has 0 aromatic rings. The Kier molecular flexibility index (Phi) is 39.1. The number of carbonyl (C=O) groups excluding carboxylic acids is 1. The van der Waals surface area contributed by atoms with E-state index in [0.29, 0.717) is 12.8 Å². The fourth-order valence-electron chi connectivity index (χ4n) is 6.15. The number of carbonyl (C=O) groups is 2. The van der Waals surface area contributed by atoms with E-state index < -0.39 is 5.97 Å². The van der Waals surface area contributed by atoms with Crippen LogP contribution in [0, 0.1) is 0 Å². The molecule has 0 rings (SSSR count). The standard InChI is InChI=1S/C46H80O4/c1-3-5-7-9-11-13-15-16-17-18-19-20-21-22-23-25-31-35-39-43-46(49)50-44(40-36-32-28-24-14-12-10-8-6-4-2)41-37-33-29-26-27-30-34-38-42-45(47)48/h5,7,11,13,16-17,19-20,22-23,44H,3-4,6,8-10,12,14-15,18,21,24-43H2,1-2H3,(H,47,48)/b7-5-,13-11-,17-16-,20-19-,23-22-. The van der Waals surface area contributed by atoms with Gasteiger partial charge in [0.1, 0.15) is 6.10 Å². The van der Waals surface area contributed by atoms with Crippen molar-refractivity contribution in [3.8, 4) is 0 Å². The summed E-state index contributed by atoms with van der Waals surface area (Å²) >= 11 is 0. The molecular weight excluding hydrogens is 617 g/mol. The zero-order valence-corrected chi connectivity index (χ0v) is 32.9. The van der Waals surface area contributed by atoms with Crippen molar-refractivity contribution in [2.45, 2.75) is 219 Å². The summed E-state index contributed by atoms with van der Waals surface area (Å²) < 4.78 is 6.04. The molecule has 4 nitrogen and oxygen atoms in total. The van der Waals surface area contributed by atoms with Crippen molar-refractivity contribution < 1.29 is 19.4 Å². The number of esters is 1. The lowest BCUT2D eigenvalue weighted by Crippen LogP contribution is -2.18. The predicted octanol–water partition coefficient (Wildman–Crippen LogP) is 14.9. The molecule has 0 aliphatic carbocycles. The molecule has 288 valence electrons. The van der Waals surface area contributed by atoms with Crippen LogP contribution in [0.5, 0.6) is 0 Å². The number of ether oxygens (including phenoxy) is 1. The monoisotopic (exact) mass is 697 g/mol. The van der Waals surface area contributed by atoms with Crippen LogP contribution in [-0.4, -0.2) is 23.1 Å². The van der Waals surface area contributed by atoms with E-state index in [1.807, 2.05) is 0 Å². The van der Waals surface area contributed by atoms with E-state index in [1.165, 1.54) is 83.5 Å². The molecule has 1 unspecified atom stereocenters. The molecule has 0 aliphatic heterocycles. The molecule has 0 spiro atoms. The highest BCUT2D eigenvalue weighted by Crippen LogP contribution is 2.19. The Hall–Kier alpha value is -2.36. The third-order valence-electron chi connectivity index (χ3n) is 9.25. The number of carboxylic acid groups (broad SMARTS) is 1. The van der Waals surface area contributed by atoms with Gasteiger partial charge in [-0.3, -0.25) is 9.59 Å².